The van der Waals surface area contributed by atoms with Crippen LogP contribution < -0.4 is 0 Å². The zero-order valence-electron chi connectivity index (χ0n) is 15.5. The Morgan fingerprint density at radius 3 is 1.70 bits per heavy atom. The van der Waals surface area contributed by atoms with Crippen molar-refractivity contribution in [3.8, 4) is 22.3 Å². The summed E-state index contributed by atoms with van der Waals surface area (Å²) in [4.78, 5) is 3.39. The van der Waals surface area contributed by atoms with E-state index in [-0.39, 0.29) is 5.69 Å². The summed E-state index contributed by atoms with van der Waals surface area (Å²) in [7, 11) is 0. The second kappa shape index (κ2) is 8.72. The predicted molar refractivity (Wildman–Crippen MR) is 110 cm³/mol. The maximum absolute atomic E-state index is 13.9. The van der Waals surface area contributed by atoms with Gasteiger partial charge in [0, 0.05) is 0 Å². The van der Waals surface area contributed by atoms with Crippen LogP contribution >= 0.6 is 0 Å². The summed E-state index contributed by atoms with van der Waals surface area (Å²) in [6.45, 7) is 5.41. The maximum Gasteiger partial charge on any atom is 0.152 e. The summed E-state index contributed by atoms with van der Waals surface area (Å²) in [6, 6.07) is 18.9. The molecule has 0 fully saturated rings. The summed E-state index contributed by atoms with van der Waals surface area (Å²) < 4.78 is 27.8. The van der Waals surface area contributed by atoms with Crippen LogP contribution in [0.5, 0.6) is 0 Å². The fourth-order valence-electron chi connectivity index (χ4n) is 3.18. The van der Waals surface area contributed by atoms with Crippen molar-refractivity contribution in [2.45, 2.75) is 32.6 Å². The third-order valence-electron chi connectivity index (χ3n) is 4.75. The number of nitrogens with zero attached hydrogens (tertiary/aromatic N) is 1. The van der Waals surface area contributed by atoms with Crippen LogP contribution in [0.4, 0.5) is 14.5 Å². The van der Waals surface area contributed by atoms with Crippen LogP contribution in [0.1, 0.15) is 31.7 Å². The van der Waals surface area contributed by atoms with Gasteiger partial charge in [0.2, 0.25) is 0 Å². The molecule has 27 heavy (non-hydrogen) atoms. The second-order valence-electron chi connectivity index (χ2n) is 6.68. The van der Waals surface area contributed by atoms with Gasteiger partial charge in [-0.3, -0.25) is 4.99 Å². The molecule has 1 nitrogen and oxygen atoms in total. The zero-order valence-corrected chi connectivity index (χ0v) is 15.5. The molecule has 0 aromatic heterocycles. The minimum absolute atomic E-state index is 0.339. The number of halogens is 2. The Labute approximate surface area is 159 Å². The van der Waals surface area contributed by atoms with E-state index in [0.717, 1.165) is 23.1 Å². The highest BCUT2D eigenvalue weighted by molar-refractivity contribution is 5.71. The molecule has 0 spiro atoms. The Hall–Kier alpha value is -2.81. The highest BCUT2D eigenvalue weighted by Gasteiger charge is 2.11. The smallest absolute Gasteiger partial charge is 0.152 e. The zero-order chi connectivity index (χ0) is 19.2. The van der Waals surface area contributed by atoms with Gasteiger partial charge in [0.05, 0.1) is 0 Å². The predicted octanol–water partition coefficient (Wildman–Crippen LogP) is 7.36. The molecule has 0 aliphatic carbocycles. The highest BCUT2D eigenvalue weighted by Crippen LogP contribution is 2.30. The largest absolute Gasteiger partial charge is 0.258 e. The molecule has 0 unspecified atom stereocenters. The van der Waals surface area contributed by atoms with E-state index in [1.807, 2.05) is 24.3 Å². The van der Waals surface area contributed by atoms with Crippen molar-refractivity contribution in [3.05, 3.63) is 77.9 Å². The molecule has 3 aromatic carbocycles. The lowest BCUT2D eigenvalue weighted by atomic mass is 9.98. The van der Waals surface area contributed by atoms with E-state index in [1.165, 1.54) is 37.0 Å². The van der Waals surface area contributed by atoms with Crippen LogP contribution in [0, 0.1) is 11.6 Å². The topological polar surface area (TPSA) is 12.4 Å². The van der Waals surface area contributed by atoms with E-state index in [2.05, 4.69) is 42.9 Å². The molecule has 0 heterocycles. The van der Waals surface area contributed by atoms with Gasteiger partial charge in [-0.2, -0.15) is 0 Å². The van der Waals surface area contributed by atoms with Gasteiger partial charge >= 0.3 is 0 Å². The molecule has 3 heteroatoms. The van der Waals surface area contributed by atoms with Crippen molar-refractivity contribution >= 4 is 12.4 Å². The third kappa shape index (κ3) is 4.48. The number of hydrogen-bond acceptors (Lipinski definition) is 1. The number of benzene rings is 3. The van der Waals surface area contributed by atoms with Gasteiger partial charge in [-0.1, -0.05) is 68.3 Å². The Morgan fingerprint density at radius 2 is 1.22 bits per heavy atom. The molecule has 0 amide bonds. The number of rotatable bonds is 7. The normalized spacial score (nSPS) is 10.8. The summed E-state index contributed by atoms with van der Waals surface area (Å²) in [5, 5.41) is 0. The van der Waals surface area contributed by atoms with Gasteiger partial charge in [0.25, 0.3) is 0 Å². The van der Waals surface area contributed by atoms with Crippen molar-refractivity contribution in [2.24, 2.45) is 4.99 Å². The molecule has 0 atom stereocenters. The Morgan fingerprint density at radius 1 is 0.741 bits per heavy atom. The molecule has 0 radical (unpaired) electrons. The van der Waals surface area contributed by atoms with Gasteiger partial charge in [0.15, 0.2) is 11.6 Å². The van der Waals surface area contributed by atoms with E-state index >= 15 is 0 Å². The van der Waals surface area contributed by atoms with Gasteiger partial charge in [-0.05, 0) is 59.5 Å². The number of aliphatic imine (C=N–C) groups is 1. The van der Waals surface area contributed by atoms with E-state index in [0.29, 0.717) is 5.56 Å². The van der Waals surface area contributed by atoms with Gasteiger partial charge in [0.1, 0.15) is 5.69 Å². The maximum atomic E-state index is 13.9. The third-order valence-corrected chi connectivity index (χ3v) is 4.75. The van der Waals surface area contributed by atoms with Crippen molar-refractivity contribution in [2.75, 3.05) is 0 Å². The molecule has 138 valence electrons. The number of aryl methyl sites for hydroxylation is 1. The SMILES string of the molecule is C=Nc1c(F)cc(-c2ccc(-c3ccc(CCCCC)cc3)cc2)cc1F. The van der Waals surface area contributed by atoms with Crippen molar-refractivity contribution in [1.29, 1.82) is 0 Å². The van der Waals surface area contributed by atoms with Crippen LogP contribution in [-0.4, -0.2) is 6.72 Å². The quantitative estimate of drug-likeness (QED) is 0.307. The molecular weight excluding hydrogens is 340 g/mol. The van der Waals surface area contributed by atoms with Crippen molar-refractivity contribution < 1.29 is 8.78 Å². The van der Waals surface area contributed by atoms with Gasteiger partial charge in [-0.15, -0.1) is 0 Å². The number of unbranched alkanes of at least 4 members (excludes halogenated alkanes) is 2. The van der Waals surface area contributed by atoms with Gasteiger partial charge in [-0.25, -0.2) is 8.78 Å². The molecule has 3 aromatic rings. The fraction of sp³-hybridized carbons (Fsp3) is 0.208. The van der Waals surface area contributed by atoms with Crippen molar-refractivity contribution in [3.63, 3.8) is 0 Å². The molecule has 3 rings (SSSR count). The molecule has 0 aliphatic heterocycles. The molecule has 0 N–H and O–H groups in total. The summed E-state index contributed by atoms with van der Waals surface area (Å²) in [6.07, 6.45) is 4.82. The Bertz CT molecular complexity index is 889. The number of hydrogen-bond donors (Lipinski definition) is 0. The van der Waals surface area contributed by atoms with E-state index < -0.39 is 11.6 Å². The Balaban J connectivity index is 1.78. The molecule has 0 bridgehead atoms. The first-order valence-electron chi connectivity index (χ1n) is 9.28. The molecule has 0 saturated carbocycles. The average Bonchev–Trinajstić information content (AvgIpc) is 2.69. The van der Waals surface area contributed by atoms with Crippen LogP contribution in [0.25, 0.3) is 22.3 Å². The van der Waals surface area contributed by atoms with E-state index in [9.17, 15) is 8.78 Å². The lowest BCUT2D eigenvalue weighted by molar-refractivity contribution is 0.588. The summed E-state index contributed by atoms with van der Waals surface area (Å²) >= 11 is 0. The Kier molecular flexibility index (Phi) is 6.12. The first kappa shape index (κ1) is 19.0. The van der Waals surface area contributed by atoms with Crippen LogP contribution in [0.15, 0.2) is 65.7 Å². The summed E-state index contributed by atoms with van der Waals surface area (Å²) in [5.41, 5.74) is 4.45. The van der Waals surface area contributed by atoms with E-state index in [4.69, 9.17) is 0 Å². The lowest BCUT2D eigenvalue weighted by Gasteiger charge is -2.08. The first-order valence-corrected chi connectivity index (χ1v) is 9.28. The van der Waals surface area contributed by atoms with Crippen LogP contribution in [0.3, 0.4) is 0 Å². The minimum atomic E-state index is -0.706. The average molecular weight is 363 g/mol. The minimum Gasteiger partial charge on any atom is -0.258 e. The lowest BCUT2D eigenvalue weighted by Crippen LogP contribution is -1.88. The molecule has 0 aliphatic rings. The molecule has 0 saturated heterocycles. The highest BCUT2D eigenvalue weighted by atomic mass is 19.1. The summed E-state index contributed by atoms with van der Waals surface area (Å²) in [5.74, 6) is -1.41. The van der Waals surface area contributed by atoms with E-state index in [1.54, 1.807) is 0 Å². The fourth-order valence-corrected chi connectivity index (χ4v) is 3.18. The van der Waals surface area contributed by atoms with Crippen LogP contribution in [0.2, 0.25) is 0 Å². The second-order valence-corrected chi connectivity index (χ2v) is 6.68. The van der Waals surface area contributed by atoms with Crippen LogP contribution in [-0.2, 0) is 6.42 Å². The van der Waals surface area contributed by atoms with Gasteiger partial charge < -0.3 is 0 Å². The molecular formula is C24H23F2N. The monoisotopic (exact) mass is 363 g/mol. The first-order chi connectivity index (χ1) is 13.1. The van der Waals surface area contributed by atoms with Crippen molar-refractivity contribution in [1.82, 2.24) is 0 Å². The standard InChI is InChI=1S/C24H23F2N/c1-3-4-5-6-17-7-9-18(10-8-17)19-11-13-20(14-12-19)21-15-22(25)24(27-2)23(26)16-21/h7-16H,2-6H2,1H3.